The van der Waals surface area contributed by atoms with E-state index >= 15 is 0 Å². The van der Waals surface area contributed by atoms with Crippen LogP contribution < -0.4 is 5.32 Å². The Morgan fingerprint density at radius 3 is 2.69 bits per heavy atom. The number of rotatable bonds is 7. The third kappa shape index (κ3) is 5.42. The Hall–Kier alpha value is -2.15. The van der Waals surface area contributed by atoms with E-state index in [0.717, 1.165) is 4.34 Å². The molecule has 3 aromatic rings. The molecular weight excluding hydrogens is 388 g/mol. The molecule has 0 radical (unpaired) electrons. The van der Waals surface area contributed by atoms with Crippen LogP contribution >= 0.6 is 34.7 Å². The minimum Gasteiger partial charge on any atom is -0.326 e. The molecule has 0 bridgehead atoms. The third-order valence-corrected chi connectivity index (χ3v) is 5.71. The number of hydrogen-bond acceptors (Lipinski definition) is 5. The Morgan fingerprint density at radius 2 is 1.92 bits per heavy atom. The summed E-state index contributed by atoms with van der Waals surface area (Å²) in [5.41, 5.74) is 2.03. The van der Waals surface area contributed by atoms with E-state index in [1.54, 1.807) is 36.4 Å². The summed E-state index contributed by atoms with van der Waals surface area (Å²) in [6.07, 6.45) is 0.177. The van der Waals surface area contributed by atoms with Crippen molar-refractivity contribution in [1.82, 2.24) is 4.98 Å². The largest absolute Gasteiger partial charge is 0.326 e. The molecule has 0 saturated carbocycles. The molecule has 4 nitrogen and oxygen atoms in total. The first-order valence-corrected chi connectivity index (χ1v) is 10.1. The standard InChI is InChI=1S/C19H15ClN2O2S2/c20-14-7-4-8-15(9-14)21-18(24)10-16-11-25-19(22-16)26-12-17(23)13-5-2-1-3-6-13/h1-9,11H,10,12H2,(H,21,24). The number of carbonyl (C=O) groups is 2. The number of hydrogen-bond donors (Lipinski definition) is 1. The van der Waals surface area contributed by atoms with E-state index < -0.39 is 0 Å². The normalized spacial score (nSPS) is 10.5. The average molecular weight is 403 g/mol. The third-order valence-electron chi connectivity index (χ3n) is 3.40. The van der Waals surface area contributed by atoms with Gasteiger partial charge in [0, 0.05) is 21.7 Å². The quantitative estimate of drug-likeness (QED) is 0.448. The predicted molar refractivity (Wildman–Crippen MR) is 107 cm³/mol. The van der Waals surface area contributed by atoms with Gasteiger partial charge < -0.3 is 5.32 Å². The zero-order chi connectivity index (χ0) is 18.4. The first-order valence-electron chi connectivity index (χ1n) is 7.81. The highest BCUT2D eigenvalue weighted by atomic mass is 35.5. The minimum atomic E-state index is -0.158. The van der Waals surface area contributed by atoms with Gasteiger partial charge in [0.25, 0.3) is 0 Å². The number of nitrogens with zero attached hydrogens (tertiary/aromatic N) is 1. The van der Waals surface area contributed by atoms with Gasteiger partial charge in [-0.05, 0) is 18.2 Å². The van der Waals surface area contributed by atoms with Crippen LogP contribution in [0.15, 0.2) is 64.3 Å². The van der Waals surface area contributed by atoms with Gasteiger partial charge in [0.05, 0.1) is 17.9 Å². The fourth-order valence-electron chi connectivity index (χ4n) is 2.21. The molecule has 0 unspecified atom stereocenters. The van der Waals surface area contributed by atoms with E-state index in [-0.39, 0.29) is 18.1 Å². The molecular formula is C19H15ClN2O2S2. The van der Waals surface area contributed by atoms with Gasteiger partial charge in [-0.1, -0.05) is 59.8 Å². The van der Waals surface area contributed by atoms with Crippen LogP contribution in [0.4, 0.5) is 5.69 Å². The highest BCUT2D eigenvalue weighted by Crippen LogP contribution is 2.24. The number of carbonyl (C=O) groups excluding carboxylic acids is 2. The zero-order valence-corrected chi connectivity index (χ0v) is 16.0. The Bertz CT molecular complexity index is 913. The van der Waals surface area contributed by atoms with Gasteiger partial charge in [-0.25, -0.2) is 4.98 Å². The molecule has 1 aromatic heterocycles. The highest BCUT2D eigenvalue weighted by molar-refractivity contribution is 8.01. The summed E-state index contributed by atoms with van der Waals surface area (Å²) >= 11 is 8.73. The molecule has 0 aliphatic heterocycles. The van der Waals surface area contributed by atoms with Crippen molar-refractivity contribution >= 4 is 52.1 Å². The number of nitrogens with one attached hydrogen (secondary N) is 1. The second kappa shape index (κ2) is 8.98. The Kier molecular flexibility index (Phi) is 6.44. The molecule has 0 spiro atoms. The number of benzene rings is 2. The van der Waals surface area contributed by atoms with E-state index in [9.17, 15) is 9.59 Å². The van der Waals surface area contributed by atoms with Gasteiger partial charge in [0.15, 0.2) is 10.1 Å². The van der Waals surface area contributed by atoms with Crippen molar-refractivity contribution in [2.45, 2.75) is 10.8 Å². The van der Waals surface area contributed by atoms with Crippen molar-refractivity contribution in [2.24, 2.45) is 0 Å². The van der Waals surface area contributed by atoms with Gasteiger partial charge >= 0.3 is 0 Å². The number of halogens is 1. The Labute approximate surface area is 164 Å². The number of thiazole rings is 1. The molecule has 0 fully saturated rings. The number of Topliss-reactive ketones (excluding diaryl/α,β-unsaturated/α-hetero) is 1. The van der Waals surface area contributed by atoms with Crippen LogP contribution in [0.1, 0.15) is 16.1 Å². The lowest BCUT2D eigenvalue weighted by molar-refractivity contribution is -0.115. The molecule has 132 valence electrons. The van der Waals surface area contributed by atoms with E-state index in [4.69, 9.17) is 11.6 Å². The summed E-state index contributed by atoms with van der Waals surface area (Å²) in [5.74, 6) is 0.228. The summed E-state index contributed by atoms with van der Waals surface area (Å²) in [4.78, 5) is 28.6. The van der Waals surface area contributed by atoms with Crippen molar-refractivity contribution in [3.63, 3.8) is 0 Å². The first-order chi connectivity index (χ1) is 12.6. The van der Waals surface area contributed by atoms with E-state index in [0.29, 0.717) is 27.7 Å². The molecule has 2 aromatic carbocycles. The molecule has 26 heavy (non-hydrogen) atoms. The fourth-order valence-corrected chi connectivity index (χ4v) is 4.14. The van der Waals surface area contributed by atoms with Crippen molar-refractivity contribution in [3.05, 3.63) is 76.3 Å². The maximum atomic E-state index is 12.1. The van der Waals surface area contributed by atoms with Crippen LogP contribution in [0.2, 0.25) is 5.02 Å². The van der Waals surface area contributed by atoms with Gasteiger partial charge in [-0.2, -0.15) is 0 Å². The maximum absolute atomic E-state index is 12.1. The average Bonchev–Trinajstić information content (AvgIpc) is 3.07. The van der Waals surface area contributed by atoms with Crippen LogP contribution in [0.25, 0.3) is 0 Å². The van der Waals surface area contributed by atoms with E-state index in [1.807, 2.05) is 23.6 Å². The zero-order valence-electron chi connectivity index (χ0n) is 13.6. The topological polar surface area (TPSA) is 59.1 Å². The van der Waals surface area contributed by atoms with Crippen molar-refractivity contribution in [1.29, 1.82) is 0 Å². The second-order valence-corrected chi connectivity index (χ2v) is 7.93. The Balaban J connectivity index is 1.51. The summed E-state index contributed by atoms with van der Waals surface area (Å²) in [5, 5.41) is 5.20. The lowest BCUT2D eigenvalue weighted by atomic mass is 10.2. The number of thioether (sulfide) groups is 1. The van der Waals surface area contributed by atoms with Crippen molar-refractivity contribution < 1.29 is 9.59 Å². The van der Waals surface area contributed by atoms with Crippen molar-refractivity contribution in [3.8, 4) is 0 Å². The maximum Gasteiger partial charge on any atom is 0.230 e. The highest BCUT2D eigenvalue weighted by Gasteiger charge is 2.11. The molecule has 1 heterocycles. The van der Waals surface area contributed by atoms with E-state index in [1.165, 1.54) is 23.1 Å². The molecule has 0 atom stereocenters. The lowest BCUT2D eigenvalue weighted by Gasteiger charge is -2.04. The molecule has 0 aliphatic carbocycles. The molecule has 1 amide bonds. The van der Waals surface area contributed by atoms with E-state index in [2.05, 4.69) is 10.3 Å². The second-order valence-electron chi connectivity index (χ2n) is 5.42. The molecule has 0 saturated heterocycles. The van der Waals surface area contributed by atoms with Crippen LogP contribution in [-0.2, 0) is 11.2 Å². The molecule has 0 aliphatic rings. The summed E-state index contributed by atoms with van der Waals surface area (Å²) in [6.45, 7) is 0. The minimum absolute atomic E-state index is 0.0612. The number of anilines is 1. The fraction of sp³-hybridized carbons (Fsp3) is 0.105. The van der Waals surface area contributed by atoms with Crippen LogP contribution in [0.3, 0.4) is 0 Å². The van der Waals surface area contributed by atoms with Gasteiger partial charge in [0.2, 0.25) is 5.91 Å². The monoisotopic (exact) mass is 402 g/mol. The first kappa shape index (κ1) is 18.6. The smallest absolute Gasteiger partial charge is 0.230 e. The number of amides is 1. The van der Waals surface area contributed by atoms with Crippen LogP contribution in [0.5, 0.6) is 0 Å². The molecule has 1 N–H and O–H groups in total. The number of aromatic nitrogens is 1. The van der Waals surface area contributed by atoms with Gasteiger partial charge in [-0.15, -0.1) is 11.3 Å². The van der Waals surface area contributed by atoms with Crippen molar-refractivity contribution in [2.75, 3.05) is 11.1 Å². The number of ketones is 1. The molecule has 3 rings (SSSR count). The molecule has 7 heteroatoms. The summed E-state index contributed by atoms with van der Waals surface area (Å²) in [7, 11) is 0. The Morgan fingerprint density at radius 1 is 1.12 bits per heavy atom. The summed E-state index contributed by atoms with van der Waals surface area (Å²) in [6, 6.07) is 16.2. The van der Waals surface area contributed by atoms with Crippen LogP contribution in [0, 0.1) is 0 Å². The van der Waals surface area contributed by atoms with Gasteiger partial charge in [0.1, 0.15) is 0 Å². The van der Waals surface area contributed by atoms with Crippen LogP contribution in [-0.4, -0.2) is 22.4 Å². The lowest BCUT2D eigenvalue weighted by Crippen LogP contribution is -2.14. The van der Waals surface area contributed by atoms with Gasteiger partial charge in [-0.3, -0.25) is 9.59 Å². The summed E-state index contributed by atoms with van der Waals surface area (Å²) < 4.78 is 0.778. The predicted octanol–water partition coefficient (Wildman–Crippen LogP) is 4.95. The SMILES string of the molecule is O=C(Cc1csc(SCC(=O)c2ccccc2)n1)Nc1cccc(Cl)c1.